The Balaban J connectivity index is 1.36. The van der Waals surface area contributed by atoms with Crippen LogP contribution in [0.3, 0.4) is 0 Å². The number of aromatic nitrogens is 2. The van der Waals surface area contributed by atoms with Gasteiger partial charge in [-0.3, -0.25) is 9.52 Å². The number of amides is 1. The van der Waals surface area contributed by atoms with Crippen LogP contribution in [-0.2, 0) is 21.2 Å². The summed E-state index contributed by atoms with van der Waals surface area (Å²) < 4.78 is 42.2. The molecular weight excluding hydrogens is 431 g/mol. The molecule has 2 N–H and O–H groups in total. The lowest BCUT2D eigenvalue weighted by molar-refractivity contribution is -0.115. The molecule has 32 heavy (non-hydrogen) atoms. The predicted octanol–water partition coefficient (Wildman–Crippen LogP) is 4.51. The number of rotatable bonds is 7. The van der Waals surface area contributed by atoms with E-state index in [2.05, 4.69) is 15.1 Å². The van der Waals surface area contributed by atoms with Crippen molar-refractivity contribution in [1.82, 2.24) is 9.78 Å². The number of carbonyl (C=O) groups excluding carboxylic acids is 1. The summed E-state index contributed by atoms with van der Waals surface area (Å²) >= 11 is 0. The van der Waals surface area contributed by atoms with Crippen molar-refractivity contribution in [3.8, 4) is 0 Å². The molecule has 1 amide bonds. The summed E-state index contributed by atoms with van der Waals surface area (Å²) in [7, 11) is -3.82. The summed E-state index contributed by atoms with van der Waals surface area (Å²) in [5.74, 6) is 0.0288. The number of hydrogen-bond acceptors (Lipinski definition) is 4. The minimum Gasteiger partial charge on any atom is -0.311 e. The number of benzene rings is 2. The van der Waals surface area contributed by atoms with E-state index >= 15 is 0 Å². The summed E-state index contributed by atoms with van der Waals surface area (Å²) in [5.41, 5.74) is 1.10. The van der Waals surface area contributed by atoms with E-state index in [1.54, 1.807) is 36.5 Å². The molecule has 3 aromatic rings. The molecule has 1 aromatic heterocycles. The van der Waals surface area contributed by atoms with Crippen LogP contribution in [0, 0.1) is 5.82 Å². The highest BCUT2D eigenvalue weighted by Crippen LogP contribution is 2.30. The topological polar surface area (TPSA) is 93.1 Å². The average molecular weight is 457 g/mol. The second-order valence-electron chi connectivity index (χ2n) is 7.93. The van der Waals surface area contributed by atoms with Crippen molar-refractivity contribution in [2.75, 3.05) is 10.0 Å². The molecule has 0 aliphatic heterocycles. The number of anilines is 2. The summed E-state index contributed by atoms with van der Waals surface area (Å²) in [6, 6.07) is 13.3. The van der Waals surface area contributed by atoms with Gasteiger partial charge in [-0.25, -0.2) is 17.5 Å². The largest absolute Gasteiger partial charge is 0.311 e. The van der Waals surface area contributed by atoms with Crippen molar-refractivity contribution in [2.24, 2.45) is 0 Å². The lowest BCUT2D eigenvalue weighted by atomic mass is 9.96. The Hall–Kier alpha value is -3.20. The lowest BCUT2D eigenvalue weighted by Crippen LogP contribution is -2.21. The molecule has 168 valence electrons. The molecule has 0 bridgehead atoms. The van der Waals surface area contributed by atoms with Gasteiger partial charge in [0.25, 0.3) is 10.0 Å². The first-order valence-corrected chi connectivity index (χ1v) is 12.1. The second-order valence-corrected chi connectivity index (χ2v) is 9.62. The zero-order valence-electron chi connectivity index (χ0n) is 17.5. The highest BCUT2D eigenvalue weighted by atomic mass is 32.2. The number of halogens is 1. The van der Waals surface area contributed by atoms with Gasteiger partial charge in [-0.15, -0.1) is 0 Å². The van der Waals surface area contributed by atoms with E-state index in [9.17, 15) is 17.6 Å². The Morgan fingerprint density at radius 3 is 2.38 bits per heavy atom. The van der Waals surface area contributed by atoms with Gasteiger partial charge in [0, 0.05) is 11.8 Å². The van der Waals surface area contributed by atoms with Gasteiger partial charge in [0.15, 0.2) is 0 Å². The molecule has 4 rings (SSSR count). The van der Waals surface area contributed by atoms with Crippen molar-refractivity contribution >= 4 is 27.4 Å². The first-order valence-electron chi connectivity index (χ1n) is 10.6. The predicted molar refractivity (Wildman–Crippen MR) is 120 cm³/mol. The smallest absolute Gasteiger partial charge is 0.261 e. The highest BCUT2D eigenvalue weighted by Gasteiger charge is 2.19. The molecule has 0 radical (unpaired) electrons. The van der Waals surface area contributed by atoms with Crippen LogP contribution in [0.15, 0.2) is 65.7 Å². The molecule has 1 aliphatic rings. The normalized spacial score (nSPS) is 14.8. The lowest BCUT2D eigenvalue weighted by Gasteiger charge is -2.23. The fourth-order valence-electron chi connectivity index (χ4n) is 3.92. The number of nitrogens with one attached hydrogen (secondary N) is 2. The van der Waals surface area contributed by atoms with Crippen molar-refractivity contribution in [3.63, 3.8) is 0 Å². The van der Waals surface area contributed by atoms with Crippen molar-refractivity contribution < 1.29 is 17.6 Å². The van der Waals surface area contributed by atoms with Crippen LogP contribution in [0.25, 0.3) is 0 Å². The maximum atomic E-state index is 13.0. The van der Waals surface area contributed by atoms with E-state index in [-0.39, 0.29) is 17.2 Å². The number of nitrogens with zero attached hydrogens (tertiary/aromatic N) is 2. The fraction of sp³-hybridized carbons (Fsp3) is 0.304. The zero-order valence-corrected chi connectivity index (χ0v) is 18.3. The number of sulfonamides is 1. The van der Waals surface area contributed by atoms with Gasteiger partial charge in [0.05, 0.1) is 23.6 Å². The van der Waals surface area contributed by atoms with Gasteiger partial charge in [-0.2, -0.15) is 5.10 Å². The highest BCUT2D eigenvalue weighted by molar-refractivity contribution is 7.92. The van der Waals surface area contributed by atoms with E-state index in [0.29, 0.717) is 17.5 Å². The van der Waals surface area contributed by atoms with Gasteiger partial charge < -0.3 is 5.32 Å². The first kappa shape index (κ1) is 22.0. The molecule has 9 heteroatoms. The minimum absolute atomic E-state index is 0.0306. The quantitative estimate of drug-likeness (QED) is 0.547. The summed E-state index contributed by atoms with van der Waals surface area (Å²) in [5, 5.41) is 7.33. The SMILES string of the molecule is O=C(Cc1ccc(NS(=O)(=O)c2ccc(F)cc2)cc1)Nc1ccnn1C1CCCCC1. The van der Waals surface area contributed by atoms with Gasteiger partial charge in [-0.05, 0) is 54.8 Å². The monoisotopic (exact) mass is 456 g/mol. The van der Waals surface area contributed by atoms with Crippen LogP contribution in [0.2, 0.25) is 0 Å². The molecule has 0 saturated heterocycles. The van der Waals surface area contributed by atoms with E-state index in [4.69, 9.17) is 0 Å². The fourth-order valence-corrected chi connectivity index (χ4v) is 4.98. The van der Waals surface area contributed by atoms with Crippen molar-refractivity contribution in [3.05, 3.63) is 72.2 Å². The average Bonchev–Trinajstić information content (AvgIpc) is 3.24. The summed E-state index contributed by atoms with van der Waals surface area (Å²) in [6.07, 6.45) is 7.59. The third-order valence-corrected chi connectivity index (χ3v) is 6.95. The molecule has 0 unspecified atom stereocenters. The number of hydrogen-bond donors (Lipinski definition) is 2. The Labute approximate surface area is 186 Å². The van der Waals surface area contributed by atoms with E-state index < -0.39 is 15.8 Å². The van der Waals surface area contributed by atoms with Crippen molar-refractivity contribution in [1.29, 1.82) is 0 Å². The summed E-state index contributed by atoms with van der Waals surface area (Å²) in [6.45, 7) is 0. The molecule has 2 aromatic carbocycles. The third-order valence-electron chi connectivity index (χ3n) is 5.55. The van der Waals surface area contributed by atoms with Crippen LogP contribution in [-0.4, -0.2) is 24.1 Å². The Kier molecular flexibility index (Phi) is 6.55. The van der Waals surface area contributed by atoms with Crippen molar-refractivity contribution in [2.45, 2.75) is 49.5 Å². The van der Waals surface area contributed by atoms with E-state index in [0.717, 1.165) is 30.5 Å². The van der Waals surface area contributed by atoms with Crippen LogP contribution in [0.1, 0.15) is 43.7 Å². The summed E-state index contributed by atoms with van der Waals surface area (Å²) in [4.78, 5) is 12.5. The molecule has 1 fully saturated rings. The maximum absolute atomic E-state index is 13.0. The van der Waals surface area contributed by atoms with Gasteiger partial charge in [-0.1, -0.05) is 31.4 Å². The molecule has 1 heterocycles. The molecule has 1 aliphatic carbocycles. The molecule has 0 atom stereocenters. The van der Waals surface area contributed by atoms with Crippen LogP contribution in [0.5, 0.6) is 0 Å². The molecule has 1 saturated carbocycles. The van der Waals surface area contributed by atoms with Crippen LogP contribution < -0.4 is 10.0 Å². The molecule has 7 nitrogen and oxygen atoms in total. The van der Waals surface area contributed by atoms with E-state index in [1.165, 1.54) is 31.4 Å². The zero-order chi connectivity index (χ0) is 22.6. The van der Waals surface area contributed by atoms with Gasteiger partial charge in [0.2, 0.25) is 5.91 Å². The van der Waals surface area contributed by atoms with Crippen LogP contribution in [0.4, 0.5) is 15.9 Å². The van der Waals surface area contributed by atoms with E-state index in [1.807, 2.05) is 4.68 Å². The Bertz CT molecular complexity index is 1170. The third kappa shape index (κ3) is 5.34. The number of carbonyl (C=O) groups is 1. The molecule has 0 spiro atoms. The Morgan fingerprint density at radius 2 is 1.69 bits per heavy atom. The maximum Gasteiger partial charge on any atom is 0.261 e. The molecular formula is C23H25FN4O3S. The first-order chi connectivity index (χ1) is 15.4. The minimum atomic E-state index is -3.82. The standard InChI is InChI=1S/C23H25FN4O3S/c24-18-8-12-21(13-9-18)32(30,31)27-19-10-6-17(7-11-19)16-23(29)26-22-14-15-25-28(22)20-4-2-1-3-5-20/h6-15,20,27H,1-5,16H2,(H,26,29). The van der Waals surface area contributed by atoms with Crippen LogP contribution >= 0.6 is 0 Å². The second kappa shape index (κ2) is 9.52. The van der Waals surface area contributed by atoms with Gasteiger partial charge in [0.1, 0.15) is 11.6 Å². The Morgan fingerprint density at radius 1 is 1.00 bits per heavy atom. The van der Waals surface area contributed by atoms with Gasteiger partial charge >= 0.3 is 0 Å².